The Morgan fingerprint density at radius 1 is 1.06 bits per heavy atom. The summed E-state index contributed by atoms with van der Waals surface area (Å²) in [6.07, 6.45) is 0. The van der Waals surface area contributed by atoms with Crippen LogP contribution in [0.15, 0.2) is 17.0 Å². The summed E-state index contributed by atoms with van der Waals surface area (Å²) in [5.41, 5.74) is 1.32. The van der Waals surface area contributed by atoms with Crippen molar-refractivity contribution in [3.8, 4) is 5.75 Å². The Bertz CT molecular complexity index is 908. The molecule has 0 radical (unpaired) electrons. The van der Waals surface area contributed by atoms with Gasteiger partial charge < -0.3 is 24.2 Å². The van der Waals surface area contributed by atoms with Crippen LogP contribution in [0.1, 0.15) is 18.1 Å². The molecule has 1 amide bonds. The molecule has 2 heterocycles. The van der Waals surface area contributed by atoms with Gasteiger partial charge in [-0.1, -0.05) is 6.92 Å². The number of rotatable bonds is 8. The molecule has 1 aromatic carbocycles. The molecule has 9 nitrogen and oxygen atoms in total. The molecule has 2 fully saturated rings. The Balaban J connectivity index is 1.68. The smallest absolute Gasteiger partial charge is 0.248 e. The van der Waals surface area contributed by atoms with Gasteiger partial charge in [0, 0.05) is 45.8 Å². The fraction of sp³-hybridized carbons (Fsp3) is 0.696. The Labute approximate surface area is 198 Å². The lowest BCUT2D eigenvalue weighted by atomic mass is 10.1. The third kappa shape index (κ3) is 6.05. The van der Waals surface area contributed by atoms with E-state index in [0.717, 1.165) is 19.6 Å². The first-order valence-corrected chi connectivity index (χ1v) is 13.0. The van der Waals surface area contributed by atoms with E-state index in [-0.39, 0.29) is 25.2 Å². The van der Waals surface area contributed by atoms with Crippen LogP contribution >= 0.6 is 0 Å². The van der Waals surface area contributed by atoms with E-state index in [9.17, 15) is 13.2 Å². The summed E-state index contributed by atoms with van der Waals surface area (Å²) < 4.78 is 40.0. The van der Waals surface area contributed by atoms with Gasteiger partial charge in [-0.2, -0.15) is 4.31 Å². The maximum atomic E-state index is 13.7. The highest BCUT2D eigenvalue weighted by molar-refractivity contribution is 7.89. The molecule has 186 valence electrons. The lowest BCUT2D eigenvalue weighted by molar-refractivity contribution is -0.138. The molecular formula is C23H38N4O5S. The van der Waals surface area contributed by atoms with Crippen molar-refractivity contribution in [1.82, 2.24) is 19.0 Å². The van der Waals surface area contributed by atoms with Gasteiger partial charge in [0.15, 0.2) is 0 Å². The first-order valence-electron chi connectivity index (χ1n) is 11.6. The van der Waals surface area contributed by atoms with Gasteiger partial charge in [-0.3, -0.25) is 4.79 Å². The zero-order chi connectivity index (χ0) is 24.2. The average molecular weight is 483 g/mol. The number of amides is 1. The van der Waals surface area contributed by atoms with Gasteiger partial charge in [0.1, 0.15) is 12.4 Å². The summed E-state index contributed by atoms with van der Waals surface area (Å²) >= 11 is 0. The molecule has 0 spiro atoms. The molecular weight excluding hydrogens is 444 g/mol. The Kier molecular flexibility index (Phi) is 8.74. The summed E-state index contributed by atoms with van der Waals surface area (Å²) in [5, 5.41) is 0. The number of piperazine rings is 2. The standard InChI is InChI=1S/C23H38N4O5S/c1-6-25-8-10-26(11-9-25)22(28)17-32-16-20-15-24(4)7-12-27(20)33(29,30)23-18(2)13-21(31-5)14-19(23)3/h13-14,20H,6-12,15-17H2,1-5H3. The van der Waals surface area contributed by atoms with Crippen LogP contribution in [0.4, 0.5) is 0 Å². The molecule has 33 heavy (non-hydrogen) atoms. The van der Waals surface area contributed by atoms with E-state index in [2.05, 4.69) is 16.7 Å². The number of nitrogens with zero attached hydrogens (tertiary/aromatic N) is 4. The summed E-state index contributed by atoms with van der Waals surface area (Å²) in [4.78, 5) is 19.1. The average Bonchev–Trinajstić information content (AvgIpc) is 2.78. The second-order valence-electron chi connectivity index (χ2n) is 8.95. The van der Waals surface area contributed by atoms with E-state index in [1.165, 1.54) is 0 Å². The molecule has 0 aliphatic carbocycles. The number of hydrogen-bond donors (Lipinski definition) is 0. The predicted octanol–water partition coefficient (Wildman–Crippen LogP) is 0.797. The van der Waals surface area contributed by atoms with Crippen LogP contribution in [0.5, 0.6) is 5.75 Å². The van der Waals surface area contributed by atoms with Crippen LogP contribution in [-0.4, -0.2) is 119 Å². The van der Waals surface area contributed by atoms with Crippen LogP contribution in [0.3, 0.4) is 0 Å². The van der Waals surface area contributed by atoms with Gasteiger partial charge >= 0.3 is 0 Å². The number of likely N-dealkylation sites (N-methyl/N-ethyl adjacent to an activating group) is 2. The predicted molar refractivity (Wildman–Crippen MR) is 127 cm³/mol. The van der Waals surface area contributed by atoms with Crippen molar-refractivity contribution >= 4 is 15.9 Å². The fourth-order valence-corrected chi connectivity index (χ4v) is 6.69. The highest BCUT2D eigenvalue weighted by atomic mass is 32.2. The molecule has 1 unspecified atom stereocenters. The lowest BCUT2D eigenvalue weighted by Crippen LogP contribution is -2.56. The molecule has 0 bridgehead atoms. The number of carbonyl (C=O) groups excluding carboxylic acids is 1. The molecule has 0 aromatic heterocycles. The van der Waals surface area contributed by atoms with Crippen LogP contribution in [0, 0.1) is 13.8 Å². The van der Waals surface area contributed by atoms with Crippen molar-refractivity contribution in [3.05, 3.63) is 23.3 Å². The quantitative estimate of drug-likeness (QED) is 0.542. The Morgan fingerprint density at radius 3 is 2.27 bits per heavy atom. The van der Waals surface area contributed by atoms with Gasteiger partial charge in [0.2, 0.25) is 15.9 Å². The van der Waals surface area contributed by atoms with E-state index in [1.807, 2.05) is 11.9 Å². The normalized spacial score (nSPS) is 21.4. The summed E-state index contributed by atoms with van der Waals surface area (Å²) in [6, 6.07) is 3.14. The SMILES string of the molecule is CCN1CCN(C(=O)COCC2CN(C)CCN2S(=O)(=O)c2c(C)cc(OC)cc2C)CC1. The largest absolute Gasteiger partial charge is 0.497 e. The van der Waals surface area contributed by atoms with Gasteiger partial charge in [-0.15, -0.1) is 0 Å². The molecule has 1 atom stereocenters. The van der Waals surface area contributed by atoms with Crippen LogP contribution in [0.25, 0.3) is 0 Å². The summed E-state index contributed by atoms with van der Waals surface area (Å²) in [7, 11) is -0.189. The molecule has 3 rings (SSSR count). The molecule has 10 heteroatoms. The molecule has 2 saturated heterocycles. The summed E-state index contributed by atoms with van der Waals surface area (Å²) in [5.74, 6) is 0.603. The molecule has 1 aromatic rings. The third-order valence-corrected chi connectivity index (χ3v) is 8.83. The number of methoxy groups -OCH3 is 1. The first kappa shape index (κ1) is 25.9. The zero-order valence-corrected chi connectivity index (χ0v) is 21.4. The minimum atomic E-state index is -3.73. The minimum Gasteiger partial charge on any atom is -0.497 e. The second kappa shape index (κ2) is 11.1. The van der Waals surface area contributed by atoms with Crippen molar-refractivity contribution in [2.45, 2.75) is 31.7 Å². The number of aryl methyl sites for hydroxylation is 2. The van der Waals surface area contributed by atoms with Crippen molar-refractivity contribution < 1.29 is 22.7 Å². The van der Waals surface area contributed by atoms with E-state index in [4.69, 9.17) is 9.47 Å². The fourth-order valence-electron chi connectivity index (χ4n) is 4.69. The minimum absolute atomic E-state index is 0.0270. The van der Waals surface area contributed by atoms with E-state index in [1.54, 1.807) is 37.4 Å². The van der Waals surface area contributed by atoms with Crippen molar-refractivity contribution in [2.24, 2.45) is 0 Å². The van der Waals surface area contributed by atoms with Crippen LogP contribution < -0.4 is 4.74 Å². The number of benzene rings is 1. The van der Waals surface area contributed by atoms with Crippen LogP contribution in [0.2, 0.25) is 0 Å². The van der Waals surface area contributed by atoms with Crippen molar-refractivity contribution in [1.29, 1.82) is 0 Å². The van der Waals surface area contributed by atoms with Gasteiger partial charge in [0.05, 0.1) is 24.7 Å². The summed E-state index contributed by atoms with van der Waals surface area (Å²) in [6.45, 7) is 11.6. The highest BCUT2D eigenvalue weighted by Gasteiger charge is 2.37. The van der Waals surface area contributed by atoms with Crippen molar-refractivity contribution in [2.75, 3.05) is 79.7 Å². The van der Waals surface area contributed by atoms with E-state index in [0.29, 0.717) is 54.5 Å². The van der Waals surface area contributed by atoms with Gasteiger partial charge in [-0.05, 0) is 50.7 Å². The number of ether oxygens (including phenoxy) is 2. The molecule has 2 aliphatic heterocycles. The highest BCUT2D eigenvalue weighted by Crippen LogP contribution is 2.30. The van der Waals surface area contributed by atoms with Crippen LogP contribution in [-0.2, 0) is 19.6 Å². The maximum absolute atomic E-state index is 13.7. The van der Waals surface area contributed by atoms with Gasteiger partial charge in [-0.25, -0.2) is 8.42 Å². The zero-order valence-electron chi connectivity index (χ0n) is 20.5. The number of sulfonamides is 1. The Hall–Kier alpha value is -1.72. The second-order valence-corrected chi connectivity index (χ2v) is 10.8. The molecule has 2 aliphatic rings. The third-order valence-electron chi connectivity index (χ3n) is 6.58. The topological polar surface area (TPSA) is 82.6 Å². The van der Waals surface area contributed by atoms with Crippen molar-refractivity contribution in [3.63, 3.8) is 0 Å². The van der Waals surface area contributed by atoms with E-state index < -0.39 is 10.0 Å². The van der Waals surface area contributed by atoms with E-state index >= 15 is 0 Å². The molecule has 0 saturated carbocycles. The lowest BCUT2D eigenvalue weighted by Gasteiger charge is -2.39. The maximum Gasteiger partial charge on any atom is 0.248 e. The number of hydrogen-bond acceptors (Lipinski definition) is 7. The monoisotopic (exact) mass is 482 g/mol. The first-order chi connectivity index (χ1) is 15.7. The Morgan fingerprint density at radius 2 is 1.70 bits per heavy atom. The molecule has 0 N–H and O–H groups in total. The number of carbonyl (C=O) groups is 1. The van der Waals surface area contributed by atoms with Gasteiger partial charge in [0.25, 0.3) is 0 Å².